The number of carbonyl (C=O) groups excluding carboxylic acids is 2. The number of rotatable bonds is 6. The van der Waals surface area contributed by atoms with Gasteiger partial charge in [0.25, 0.3) is 5.91 Å². The third-order valence-corrected chi connectivity index (χ3v) is 4.42. The average Bonchev–Trinajstić information content (AvgIpc) is 2.71. The normalized spacial score (nSPS) is 10.5. The Morgan fingerprint density at radius 3 is 2.57 bits per heavy atom. The molecule has 0 aliphatic heterocycles. The zero-order valence-electron chi connectivity index (χ0n) is 16.1. The van der Waals surface area contributed by atoms with E-state index < -0.39 is 5.97 Å². The number of pyridine rings is 1. The van der Waals surface area contributed by atoms with Crippen molar-refractivity contribution in [3.63, 3.8) is 0 Å². The van der Waals surface area contributed by atoms with Gasteiger partial charge in [0.1, 0.15) is 5.75 Å². The topological polar surface area (TPSA) is 68.7 Å². The van der Waals surface area contributed by atoms with Crippen LogP contribution in [0.25, 0.3) is 10.9 Å². The van der Waals surface area contributed by atoms with Crippen LogP contribution in [0.1, 0.15) is 21.6 Å². The fourth-order valence-corrected chi connectivity index (χ4v) is 2.97. The second kappa shape index (κ2) is 8.52. The van der Waals surface area contributed by atoms with Crippen LogP contribution >= 0.6 is 0 Å². The number of hydrogen-bond acceptors (Lipinski definition) is 5. The number of benzene rings is 2. The summed E-state index contributed by atoms with van der Waals surface area (Å²) in [7, 11) is 3.25. The summed E-state index contributed by atoms with van der Waals surface area (Å²) in [4.78, 5) is 30.9. The monoisotopic (exact) mass is 378 g/mol. The minimum atomic E-state index is -0.541. The number of amides is 1. The summed E-state index contributed by atoms with van der Waals surface area (Å²) in [5, 5.41) is 0.702. The van der Waals surface area contributed by atoms with Crippen molar-refractivity contribution in [3.8, 4) is 5.75 Å². The number of hydrogen-bond donors (Lipinski definition) is 0. The van der Waals surface area contributed by atoms with E-state index in [9.17, 15) is 9.59 Å². The van der Waals surface area contributed by atoms with E-state index in [2.05, 4.69) is 4.98 Å². The molecule has 1 amide bonds. The van der Waals surface area contributed by atoms with Gasteiger partial charge in [0.2, 0.25) is 0 Å². The number of nitrogens with zero attached hydrogens (tertiary/aromatic N) is 2. The van der Waals surface area contributed by atoms with Crippen LogP contribution in [0.5, 0.6) is 5.75 Å². The molecule has 6 heteroatoms. The molecule has 28 heavy (non-hydrogen) atoms. The van der Waals surface area contributed by atoms with Gasteiger partial charge in [-0.25, -0.2) is 4.79 Å². The van der Waals surface area contributed by atoms with Crippen LogP contribution in [0.3, 0.4) is 0 Å². The summed E-state index contributed by atoms with van der Waals surface area (Å²) in [6.45, 7) is 1.84. The van der Waals surface area contributed by atoms with Crippen molar-refractivity contribution in [1.82, 2.24) is 9.88 Å². The van der Waals surface area contributed by atoms with Gasteiger partial charge in [-0.2, -0.15) is 0 Å². The highest BCUT2D eigenvalue weighted by molar-refractivity contribution is 6.04. The smallest absolute Gasteiger partial charge is 0.339 e. The molecule has 0 saturated heterocycles. The number of methoxy groups -OCH3 is 1. The highest BCUT2D eigenvalue weighted by Gasteiger charge is 2.17. The molecule has 0 radical (unpaired) electrons. The van der Waals surface area contributed by atoms with Gasteiger partial charge in [-0.1, -0.05) is 36.4 Å². The summed E-state index contributed by atoms with van der Waals surface area (Å²) in [6.07, 6.45) is 0. The highest BCUT2D eigenvalue weighted by atomic mass is 16.5. The molecule has 0 unspecified atom stereocenters. The zero-order valence-corrected chi connectivity index (χ0v) is 16.1. The number of fused-ring (bicyclic) bond motifs is 1. The average molecular weight is 378 g/mol. The number of para-hydroxylation sites is 2. The quantitative estimate of drug-likeness (QED) is 0.615. The van der Waals surface area contributed by atoms with E-state index in [1.165, 1.54) is 4.90 Å². The molecular weight excluding hydrogens is 356 g/mol. The van der Waals surface area contributed by atoms with Crippen LogP contribution in [0.2, 0.25) is 0 Å². The van der Waals surface area contributed by atoms with Gasteiger partial charge in [0.05, 0.1) is 18.2 Å². The predicted molar refractivity (Wildman–Crippen MR) is 106 cm³/mol. The Hall–Kier alpha value is -3.41. The van der Waals surface area contributed by atoms with Gasteiger partial charge >= 0.3 is 5.97 Å². The maximum absolute atomic E-state index is 12.6. The summed E-state index contributed by atoms with van der Waals surface area (Å²) in [5.41, 5.74) is 2.71. The number of esters is 1. The molecule has 3 aromatic rings. The first kappa shape index (κ1) is 19.4. The number of likely N-dealkylation sites (N-methyl/N-ethyl adjacent to an activating group) is 1. The van der Waals surface area contributed by atoms with Crippen LogP contribution in [0.4, 0.5) is 0 Å². The predicted octanol–water partition coefficient (Wildman–Crippen LogP) is 3.37. The van der Waals surface area contributed by atoms with Crippen molar-refractivity contribution in [1.29, 1.82) is 0 Å². The lowest BCUT2D eigenvalue weighted by Crippen LogP contribution is -2.31. The molecule has 0 aliphatic rings. The molecule has 144 valence electrons. The van der Waals surface area contributed by atoms with E-state index in [4.69, 9.17) is 9.47 Å². The molecule has 0 saturated carbocycles. The number of aryl methyl sites for hydroxylation is 1. The Morgan fingerprint density at radius 1 is 1.07 bits per heavy atom. The maximum Gasteiger partial charge on any atom is 0.339 e. The Balaban J connectivity index is 1.67. The third kappa shape index (κ3) is 4.28. The summed E-state index contributed by atoms with van der Waals surface area (Å²) in [6, 6.07) is 16.5. The first-order valence-electron chi connectivity index (χ1n) is 8.89. The van der Waals surface area contributed by atoms with Crippen LogP contribution in [0.15, 0.2) is 54.6 Å². The van der Waals surface area contributed by atoms with E-state index >= 15 is 0 Å². The first-order valence-corrected chi connectivity index (χ1v) is 8.89. The van der Waals surface area contributed by atoms with Gasteiger partial charge in [-0.05, 0) is 25.1 Å². The third-order valence-electron chi connectivity index (χ3n) is 4.42. The van der Waals surface area contributed by atoms with Gasteiger partial charge in [0.15, 0.2) is 6.61 Å². The lowest BCUT2D eigenvalue weighted by Gasteiger charge is -2.19. The fraction of sp³-hybridized carbons (Fsp3) is 0.227. The fourth-order valence-electron chi connectivity index (χ4n) is 2.97. The molecule has 2 aromatic carbocycles. The molecular formula is C22H22N2O4. The molecule has 1 heterocycles. The zero-order chi connectivity index (χ0) is 20.1. The van der Waals surface area contributed by atoms with Crippen molar-refractivity contribution in [2.75, 3.05) is 20.8 Å². The molecule has 0 bridgehead atoms. The van der Waals surface area contributed by atoms with Crippen molar-refractivity contribution in [2.24, 2.45) is 0 Å². The molecule has 0 aliphatic carbocycles. The number of ether oxygens (including phenoxy) is 2. The second-order valence-electron chi connectivity index (χ2n) is 6.47. The van der Waals surface area contributed by atoms with E-state index in [0.29, 0.717) is 34.5 Å². The molecule has 6 nitrogen and oxygen atoms in total. The van der Waals surface area contributed by atoms with E-state index in [1.807, 2.05) is 55.5 Å². The molecule has 0 fully saturated rings. The van der Waals surface area contributed by atoms with Crippen LogP contribution in [-0.2, 0) is 16.1 Å². The standard InChI is InChI=1S/C22H22N2O4/c1-15-12-18(17-9-5-6-10-19(17)23-15)22(26)28-14-21(25)24(2)13-16-8-4-7-11-20(16)27-3/h4-12H,13-14H2,1-3H3. The van der Waals surface area contributed by atoms with Crippen molar-refractivity contribution in [3.05, 3.63) is 71.4 Å². The molecule has 3 rings (SSSR count). The van der Waals surface area contributed by atoms with Gasteiger partial charge in [-0.3, -0.25) is 9.78 Å². The molecule has 0 spiro atoms. The Kier molecular flexibility index (Phi) is 5.89. The molecule has 0 atom stereocenters. The van der Waals surface area contributed by atoms with Gasteiger partial charge in [0, 0.05) is 30.2 Å². The maximum atomic E-state index is 12.6. The minimum Gasteiger partial charge on any atom is -0.496 e. The minimum absolute atomic E-state index is 0.297. The van der Waals surface area contributed by atoms with E-state index in [1.54, 1.807) is 20.2 Å². The highest BCUT2D eigenvalue weighted by Crippen LogP contribution is 2.20. The van der Waals surface area contributed by atoms with Gasteiger partial charge < -0.3 is 14.4 Å². The van der Waals surface area contributed by atoms with Crippen molar-refractivity contribution >= 4 is 22.8 Å². The van der Waals surface area contributed by atoms with E-state index in [0.717, 1.165) is 5.56 Å². The lowest BCUT2D eigenvalue weighted by molar-refractivity contribution is -0.133. The summed E-state index contributed by atoms with van der Waals surface area (Å²) < 4.78 is 10.6. The first-order chi connectivity index (χ1) is 13.5. The van der Waals surface area contributed by atoms with Crippen molar-refractivity contribution < 1.29 is 19.1 Å². The number of carbonyl (C=O) groups is 2. The van der Waals surface area contributed by atoms with Gasteiger partial charge in [-0.15, -0.1) is 0 Å². The van der Waals surface area contributed by atoms with Crippen LogP contribution in [-0.4, -0.2) is 42.5 Å². The van der Waals surface area contributed by atoms with E-state index in [-0.39, 0.29) is 12.5 Å². The van der Waals surface area contributed by atoms with Crippen molar-refractivity contribution in [2.45, 2.75) is 13.5 Å². The van der Waals surface area contributed by atoms with Crippen LogP contribution in [0, 0.1) is 6.92 Å². The summed E-state index contributed by atoms with van der Waals surface area (Å²) >= 11 is 0. The SMILES string of the molecule is COc1ccccc1CN(C)C(=O)COC(=O)c1cc(C)nc2ccccc12. The Morgan fingerprint density at radius 2 is 1.79 bits per heavy atom. The Labute approximate surface area is 163 Å². The Bertz CT molecular complexity index is 1020. The molecule has 0 N–H and O–H groups in total. The molecule has 1 aromatic heterocycles. The second-order valence-corrected chi connectivity index (χ2v) is 6.47. The van der Waals surface area contributed by atoms with Crippen LogP contribution < -0.4 is 4.74 Å². The summed E-state index contributed by atoms with van der Waals surface area (Å²) in [5.74, 6) is -0.132. The number of aromatic nitrogens is 1. The lowest BCUT2D eigenvalue weighted by atomic mass is 10.1. The largest absolute Gasteiger partial charge is 0.496 e.